The highest BCUT2D eigenvalue weighted by atomic mass is 28.3. The molecule has 0 aromatic heterocycles. The van der Waals surface area contributed by atoms with Crippen LogP contribution >= 0.6 is 0 Å². The summed E-state index contributed by atoms with van der Waals surface area (Å²) < 4.78 is 0. The summed E-state index contributed by atoms with van der Waals surface area (Å²) in [5, 5.41) is 5.87. The second kappa shape index (κ2) is 18.9. The number of hydrogen-bond acceptors (Lipinski definition) is 0. The number of allylic oxidation sites excluding steroid dienone is 4. The molecular formula is C69H64Si. The van der Waals surface area contributed by atoms with Gasteiger partial charge in [0.05, 0.1) is 0 Å². The van der Waals surface area contributed by atoms with Gasteiger partial charge in [0, 0.05) is 0 Å². The first kappa shape index (κ1) is 46.4. The Balaban J connectivity index is 1.61. The zero-order chi connectivity index (χ0) is 48.8. The molecule has 0 aliphatic heterocycles. The fraction of sp³-hybridized carbons (Fsp3) is 0.159. The highest BCUT2D eigenvalue weighted by molar-refractivity contribution is 7.18. The van der Waals surface area contributed by atoms with Crippen molar-refractivity contribution in [2.45, 2.75) is 69.2 Å². The summed E-state index contributed by atoms with van der Waals surface area (Å²) in [5.41, 5.74) is 27.5. The summed E-state index contributed by atoms with van der Waals surface area (Å²) in [6, 6.07) is 75.9. The Morgan fingerprint density at radius 2 is 0.514 bits per heavy atom. The highest BCUT2D eigenvalue weighted by Gasteiger charge is 2.53. The summed E-state index contributed by atoms with van der Waals surface area (Å²) in [6.07, 6.45) is 0. The summed E-state index contributed by atoms with van der Waals surface area (Å²) in [6.45, 7) is 24.0. The molecule has 0 N–H and O–H groups in total. The molecule has 1 aliphatic carbocycles. The van der Waals surface area contributed by atoms with Crippen molar-refractivity contribution in [2.24, 2.45) is 5.92 Å². The van der Waals surface area contributed by atoms with Gasteiger partial charge in [0.15, 0.2) is 8.07 Å². The minimum Gasteiger partial charge on any atom is -0.0636 e. The van der Waals surface area contributed by atoms with Gasteiger partial charge in [-0.3, -0.25) is 0 Å². The minimum atomic E-state index is -3.70. The van der Waals surface area contributed by atoms with Gasteiger partial charge in [0.1, 0.15) is 0 Å². The molecule has 9 aromatic rings. The van der Waals surface area contributed by atoms with Crippen LogP contribution in [0.3, 0.4) is 0 Å². The van der Waals surface area contributed by atoms with Crippen molar-refractivity contribution >= 4 is 23.6 Å². The van der Waals surface area contributed by atoms with Crippen molar-refractivity contribution in [2.75, 3.05) is 0 Å². The Bertz CT molecular complexity index is 3140. The molecule has 0 saturated heterocycles. The van der Waals surface area contributed by atoms with E-state index in [9.17, 15) is 0 Å². The quantitative estimate of drug-likeness (QED) is 0.0947. The molecule has 1 aliphatic rings. The number of aryl methyl sites for hydroxylation is 3. The molecule has 9 aromatic carbocycles. The van der Waals surface area contributed by atoms with Crippen LogP contribution in [0.15, 0.2) is 222 Å². The van der Waals surface area contributed by atoms with Gasteiger partial charge in [-0.2, -0.15) is 0 Å². The van der Waals surface area contributed by atoms with Crippen LogP contribution in [0.4, 0.5) is 0 Å². The molecular weight excluding hydrogens is 857 g/mol. The molecule has 1 heteroatoms. The normalized spacial score (nSPS) is 13.9. The zero-order valence-corrected chi connectivity index (χ0v) is 43.6. The summed E-state index contributed by atoms with van der Waals surface area (Å²) in [4.78, 5) is 0. The van der Waals surface area contributed by atoms with Crippen LogP contribution in [-0.4, -0.2) is 8.07 Å². The monoisotopic (exact) mass is 920 g/mol. The molecule has 0 saturated carbocycles. The van der Waals surface area contributed by atoms with Gasteiger partial charge in [-0.1, -0.05) is 223 Å². The second-order valence-electron chi connectivity index (χ2n) is 19.9. The second-order valence-corrected chi connectivity index (χ2v) is 23.5. The first-order valence-electron chi connectivity index (χ1n) is 25.1. The van der Waals surface area contributed by atoms with Crippen molar-refractivity contribution in [3.05, 3.63) is 255 Å². The van der Waals surface area contributed by atoms with Crippen LogP contribution in [0.5, 0.6) is 0 Å². The third-order valence-corrected chi connectivity index (χ3v) is 21.4. The van der Waals surface area contributed by atoms with Crippen LogP contribution in [-0.2, 0) is 0 Å². The fourth-order valence-electron chi connectivity index (χ4n) is 12.1. The SMILES string of the molecule is CC1=C(C)C(C)C([Si](c2cc(C)c(C)c(-c3ccccc3)c2-c2ccccc2)(c2cc(C)c(C)c(-c3ccccc3)c2-c2ccccc2)c2cc(C)c(C)c(-c3ccccc3)c2-c2ccccc2)=C1C. The lowest BCUT2D eigenvalue weighted by atomic mass is 9.88. The molecule has 344 valence electrons. The third-order valence-electron chi connectivity index (χ3n) is 16.2. The van der Waals surface area contributed by atoms with Crippen molar-refractivity contribution in [1.82, 2.24) is 0 Å². The molecule has 10 rings (SSSR count). The Labute approximate surface area is 418 Å². The summed E-state index contributed by atoms with van der Waals surface area (Å²) in [5.74, 6) is 0.160. The average Bonchev–Trinajstić information content (AvgIpc) is 3.59. The van der Waals surface area contributed by atoms with Crippen molar-refractivity contribution in [1.29, 1.82) is 0 Å². The molecule has 0 bridgehead atoms. The number of hydrogen-bond donors (Lipinski definition) is 0. The maximum Gasteiger partial charge on any atom is 0.178 e. The molecule has 0 nitrogen and oxygen atoms in total. The predicted molar refractivity (Wildman–Crippen MR) is 305 cm³/mol. The van der Waals surface area contributed by atoms with Gasteiger partial charge in [0.2, 0.25) is 0 Å². The summed E-state index contributed by atoms with van der Waals surface area (Å²) >= 11 is 0. The van der Waals surface area contributed by atoms with Crippen molar-refractivity contribution in [3.8, 4) is 66.8 Å². The smallest absolute Gasteiger partial charge is 0.0636 e. The molecule has 0 spiro atoms. The van der Waals surface area contributed by atoms with E-state index >= 15 is 0 Å². The zero-order valence-electron chi connectivity index (χ0n) is 42.6. The van der Waals surface area contributed by atoms with E-state index in [1.54, 1.807) is 5.20 Å². The number of rotatable bonds is 10. The van der Waals surface area contributed by atoms with Crippen LogP contribution in [0.25, 0.3) is 66.8 Å². The first-order chi connectivity index (χ1) is 33.9. The lowest BCUT2D eigenvalue weighted by molar-refractivity contribution is 0.851. The van der Waals surface area contributed by atoms with Crippen LogP contribution in [0.1, 0.15) is 61.1 Å². The molecule has 1 atom stereocenters. The van der Waals surface area contributed by atoms with Gasteiger partial charge in [-0.15, -0.1) is 0 Å². The largest absolute Gasteiger partial charge is 0.178 e. The fourth-order valence-corrected chi connectivity index (χ4v) is 18.7. The molecule has 0 amide bonds. The molecule has 0 heterocycles. The minimum absolute atomic E-state index is 0.160. The van der Waals surface area contributed by atoms with Gasteiger partial charge in [-0.25, -0.2) is 0 Å². The Kier molecular flexibility index (Phi) is 12.5. The summed E-state index contributed by atoms with van der Waals surface area (Å²) in [7, 11) is -3.70. The van der Waals surface area contributed by atoms with E-state index < -0.39 is 8.07 Å². The lowest BCUT2D eigenvalue weighted by Gasteiger charge is -2.44. The van der Waals surface area contributed by atoms with E-state index in [-0.39, 0.29) is 5.92 Å². The van der Waals surface area contributed by atoms with Gasteiger partial charge >= 0.3 is 0 Å². The topological polar surface area (TPSA) is 0 Å². The molecule has 0 fully saturated rings. The van der Waals surface area contributed by atoms with E-state index in [2.05, 4.69) is 269 Å². The Morgan fingerprint density at radius 3 is 0.729 bits per heavy atom. The lowest BCUT2D eigenvalue weighted by Crippen LogP contribution is -2.71. The van der Waals surface area contributed by atoms with E-state index in [1.165, 1.54) is 132 Å². The van der Waals surface area contributed by atoms with E-state index in [4.69, 9.17) is 0 Å². The van der Waals surface area contributed by atoms with Crippen LogP contribution < -0.4 is 15.6 Å². The van der Waals surface area contributed by atoms with Gasteiger partial charge in [-0.05, 0) is 190 Å². The third kappa shape index (κ3) is 7.59. The molecule has 70 heavy (non-hydrogen) atoms. The predicted octanol–water partition coefficient (Wildman–Crippen LogP) is 16.9. The van der Waals surface area contributed by atoms with E-state index in [0.717, 1.165) is 0 Å². The van der Waals surface area contributed by atoms with Crippen LogP contribution in [0.2, 0.25) is 0 Å². The Hall–Kier alpha value is -7.32. The average molecular weight is 921 g/mol. The van der Waals surface area contributed by atoms with Gasteiger partial charge in [0.25, 0.3) is 0 Å². The first-order valence-corrected chi connectivity index (χ1v) is 27.1. The highest BCUT2D eigenvalue weighted by Crippen LogP contribution is 2.49. The maximum atomic E-state index is 2.67. The van der Waals surface area contributed by atoms with Crippen molar-refractivity contribution in [3.63, 3.8) is 0 Å². The van der Waals surface area contributed by atoms with E-state index in [1.807, 2.05) is 0 Å². The van der Waals surface area contributed by atoms with Crippen molar-refractivity contribution < 1.29 is 0 Å². The molecule has 0 radical (unpaired) electrons. The molecule has 1 unspecified atom stereocenters. The standard InChI is InChI=1S/C69H64Si/c1-44-41-60(66(57-35-23-14-24-36-57)63(47(44)4)54-29-17-11-18-30-54)70(69-52(9)50(7)51(8)53(69)10,61-42-45(2)48(5)64(55-31-19-12-20-32-55)67(61)58-37-25-15-26-38-58)62-43-46(3)49(6)65(56-33-21-13-22-34-56)68(62)59-39-27-16-28-40-59/h11-43,52H,1-10H3. The Morgan fingerprint density at radius 1 is 0.286 bits per heavy atom. The van der Waals surface area contributed by atoms with Crippen LogP contribution in [0, 0.1) is 47.5 Å². The maximum absolute atomic E-state index is 3.70. The van der Waals surface area contributed by atoms with Gasteiger partial charge < -0.3 is 0 Å². The van der Waals surface area contributed by atoms with E-state index in [0.29, 0.717) is 0 Å². The number of benzene rings is 9.